The van der Waals surface area contributed by atoms with Crippen molar-refractivity contribution in [3.63, 3.8) is 0 Å². The first-order valence-electron chi connectivity index (χ1n) is 6.47. The molecule has 0 unspecified atom stereocenters. The molecule has 0 atom stereocenters. The van der Waals surface area contributed by atoms with Crippen molar-refractivity contribution in [1.29, 1.82) is 0 Å². The molecule has 0 radical (unpaired) electrons. The lowest BCUT2D eigenvalue weighted by Crippen LogP contribution is -2.24. The van der Waals surface area contributed by atoms with Crippen LogP contribution in [0.15, 0.2) is 53.3 Å². The Bertz CT molecular complexity index is 822. The largest absolute Gasteiger partial charge is 0.277 e. The van der Waals surface area contributed by atoms with Gasteiger partial charge in [0, 0.05) is 10.7 Å². The number of para-hydroxylation sites is 2. The summed E-state index contributed by atoms with van der Waals surface area (Å²) in [4.78, 5) is 17.0. The molecule has 0 saturated heterocycles. The van der Waals surface area contributed by atoms with Crippen molar-refractivity contribution in [3.05, 3.63) is 69.6 Å². The maximum Gasteiger partial charge on any atom is 0.277 e. The fraction of sp³-hybridized carbons (Fsp3) is 0.125. The molecule has 0 N–H and O–H groups in total. The molecule has 0 aliphatic rings. The zero-order valence-corrected chi connectivity index (χ0v) is 11.8. The van der Waals surface area contributed by atoms with Gasteiger partial charge in [0.1, 0.15) is 5.69 Å². The number of hydrogen-bond donors (Lipinski definition) is 0. The van der Waals surface area contributed by atoms with E-state index >= 15 is 0 Å². The number of rotatable bonds is 2. The average Bonchev–Trinajstić information content (AvgIpc) is 2.48. The Morgan fingerprint density at radius 3 is 2.50 bits per heavy atom. The summed E-state index contributed by atoms with van der Waals surface area (Å²) >= 11 is 5.92. The summed E-state index contributed by atoms with van der Waals surface area (Å²) in [6.45, 7) is 1.94. The molecule has 20 heavy (non-hydrogen) atoms. The van der Waals surface area contributed by atoms with Gasteiger partial charge in [0.2, 0.25) is 0 Å². The summed E-state index contributed by atoms with van der Waals surface area (Å²) in [5, 5.41) is 0.649. The molecular weight excluding hydrogens is 272 g/mol. The lowest BCUT2D eigenvalue weighted by molar-refractivity contribution is 0.926. The highest BCUT2D eigenvalue weighted by atomic mass is 35.5. The van der Waals surface area contributed by atoms with Crippen LogP contribution in [0.1, 0.15) is 12.6 Å². The SMILES string of the molecule is CCc1nc2ccccc2n(-c2ccc(Cl)cc2)c1=O. The lowest BCUT2D eigenvalue weighted by Gasteiger charge is -2.11. The molecule has 2 aromatic carbocycles. The third kappa shape index (κ3) is 2.10. The van der Waals surface area contributed by atoms with Gasteiger partial charge >= 0.3 is 0 Å². The van der Waals surface area contributed by atoms with E-state index in [1.54, 1.807) is 16.7 Å². The Balaban J connectivity index is 2.40. The summed E-state index contributed by atoms with van der Waals surface area (Å²) < 4.78 is 1.69. The van der Waals surface area contributed by atoms with Gasteiger partial charge in [-0.15, -0.1) is 0 Å². The molecule has 0 amide bonds. The van der Waals surface area contributed by atoms with Gasteiger partial charge in [-0.3, -0.25) is 9.36 Å². The van der Waals surface area contributed by atoms with Gasteiger partial charge in [-0.1, -0.05) is 30.7 Å². The van der Waals surface area contributed by atoms with Crippen LogP contribution in [0.2, 0.25) is 5.02 Å². The number of benzene rings is 2. The van der Waals surface area contributed by atoms with E-state index < -0.39 is 0 Å². The van der Waals surface area contributed by atoms with Crippen LogP contribution in [0.25, 0.3) is 16.7 Å². The fourth-order valence-electron chi connectivity index (χ4n) is 2.26. The van der Waals surface area contributed by atoms with Gasteiger partial charge in [0.15, 0.2) is 0 Å². The summed E-state index contributed by atoms with van der Waals surface area (Å²) in [5.41, 5.74) is 2.91. The first-order valence-corrected chi connectivity index (χ1v) is 6.85. The van der Waals surface area contributed by atoms with Crippen LogP contribution in [-0.4, -0.2) is 9.55 Å². The minimum absolute atomic E-state index is 0.0754. The van der Waals surface area contributed by atoms with Gasteiger partial charge in [-0.25, -0.2) is 4.98 Å². The lowest BCUT2D eigenvalue weighted by atomic mass is 10.2. The van der Waals surface area contributed by atoms with Gasteiger partial charge in [0.25, 0.3) is 5.56 Å². The third-order valence-corrected chi connectivity index (χ3v) is 3.50. The van der Waals surface area contributed by atoms with Crippen LogP contribution in [-0.2, 0) is 6.42 Å². The second-order valence-corrected chi connectivity index (χ2v) is 4.95. The summed E-state index contributed by atoms with van der Waals surface area (Å²) in [6.07, 6.45) is 0.608. The van der Waals surface area contributed by atoms with Crippen molar-refractivity contribution < 1.29 is 0 Å². The zero-order valence-electron chi connectivity index (χ0n) is 11.0. The highest BCUT2D eigenvalue weighted by Crippen LogP contribution is 2.17. The normalized spacial score (nSPS) is 10.9. The smallest absolute Gasteiger partial charge is 0.274 e. The van der Waals surface area contributed by atoms with E-state index in [9.17, 15) is 4.79 Å². The van der Waals surface area contributed by atoms with E-state index in [2.05, 4.69) is 4.98 Å². The first-order chi connectivity index (χ1) is 9.70. The van der Waals surface area contributed by atoms with Crippen LogP contribution in [0, 0.1) is 0 Å². The van der Waals surface area contributed by atoms with Gasteiger partial charge in [-0.2, -0.15) is 0 Å². The van der Waals surface area contributed by atoms with Crippen molar-refractivity contribution in [2.24, 2.45) is 0 Å². The molecule has 100 valence electrons. The van der Waals surface area contributed by atoms with Gasteiger partial charge in [0.05, 0.1) is 11.0 Å². The molecule has 0 aliphatic carbocycles. The zero-order chi connectivity index (χ0) is 14.1. The maximum absolute atomic E-state index is 12.6. The Morgan fingerprint density at radius 1 is 1.10 bits per heavy atom. The minimum Gasteiger partial charge on any atom is -0.274 e. The van der Waals surface area contributed by atoms with Crippen LogP contribution < -0.4 is 5.56 Å². The van der Waals surface area contributed by atoms with E-state index in [0.29, 0.717) is 17.1 Å². The Kier molecular flexibility index (Phi) is 3.28. The van der Waals surface area contributed by atoms with E-state index in [-0.39, 0.29) is 5.56 Å². The Morgan fingerprint density at radius 2 is 1.80 bits per heavy atom. The second-order valence-electron chi connectivity index (χ2n) is 4.52. The number of halogens is 1. The van der Waals surface area contributed by atoms with Gasteiger partial charge in [-0.05, 0) is 42.8 Å². The van der Waals surface area contributed by atoms with Crippen LogP contribution in [0.3, 0.4) is 0 Å². The highest BCUT2D eigenvalue weighted by molar-refractivity contribution is 6.30. The summed E-state index contributed by atoms with van der Waals surface area (Å²) in [7, 11) is 0. The predicted molar refractivity (Wildman–Crippen MR) is 81.7 cm³/mol. The van der Waals surface area contributed by atoms with Gasteiger partial charge < -0.3 is 0 Å². The summed E-state index contributed by atoms with van der Waals surface area (Å²) in [6, 6.07) is 14.9. The van der Waals surface area contributed by atoms with E-state index in [0.717, 1.165) is 16.7 Å². The van der Waals surface area contributed by atoms with Crippen molar-refractivity contribution in [3.8, 4) is 5.69 Å². The number of fused-ring (bicyclic) bond motifs is 1. The molecule has 3 nitrogen and oxygen atoms in total. The fourth-order valence-corrected chi connectivity index (χ4v) is 2.38. The Hall–Kier alpha value is -2.13. The highest BCUT2D eigenvalue weighted by Gasteiger charge is 2.10. The molecule has 3 rings (SSSR count). The number of hydrogen-bond acceptors (Lipinski definition) is 2. The maximum atomic E-state index is 12.6. The van der Waals surface area contributed by atoms with Crippen LogP contribution in [0.5, 0.6) is 0 Å². The molecule has 0 spiro atoms. The minimum atomic E-state index is -0.0754. The van der Waals surface area contributed by atoms with E-state index in [4.69, 9.17) is 11.6 Å². The average molecular weight is 285 g/mol. The van der Waals surface area contributed by atoms with Crippen LogP contribution >= 0.6 is 11.6 Å². The molecular formula is C16H13ClN2O. The summed E-state index contributed by atoms with van der Waals surface area (Å²) in [5.74, 6) is 0. The van der Waals surface area contributed by atoms with Crippen LogP contribution in [0.4, 0.5) is 0 Å². The molecule has 0 aliphatic heterocycles. The quantitative estimate of drug-likeness (QED) is 0.721. The van der Waals surface area contributed by atoms with E-state index in [1.165, 1.54) is 0 Å². The number of nitrogens with zero attached hydrogens (tertiary/aromatic N) is 2. The molecule has 4 heteroatoms. The molecule has 0 saturated carbocycles. The molecule has 1 heterocycles. The Labute approximate surface area is 121 Å². The topological polar surface area (TPSA) is 34.9 Å². The second kappa shape index (κ2) is 5.10. The van der Waals surface area contributed by atoms with Crippen molar-refractivity contribution in [2.45, 2.75) is 13.3 Å². The predicted octanol–water partition coefficient (Wildman–Crippen LogP) is 3.60. The van der Waals surface area contributed by atoms with E-state index in [1.807, 2.05) is 43.3 Å². The molecule has 0 bridgehead atoms. The van der Waals surface area contributed by atoms with Crippen molar-refractivity contribution in [2.75, 3.05) is 0 Å². The number of aromatic nitrogens is 2. The first kappa shape index (κ1) is 12.9. The van der Waals surface area contributed by atoms with Crippen molar-refractivity contribution >= 4 is 22.6 Å². The number of aryl methyl sites for hydroxylation is 1. The molecule has 0 fully saturated rings. The third-order valence-electron chi connectivity index (χ3n) is 3.25. The molecule has 1 aromatic heterocycles. The standard InChI is InChI=1S/C16H13ClN2O/c1-2-13-16(20)19(12-9-7-11(17)8-10-12)15-6-4-3-5-14(15)18-13/h3-10H,2H2,1H3. The van der Waals surface area contributed by atoms with Crippen molar-refractivity contribution in [1.82, 2.24) is 9.55 Å². The monoisotopic (exact) mass is 284 g/mol. The molecule has 3 aromatic rings.